The van der Waals surface area contributed by atoms with Crippen molar-refractivity contribution in [3.8, 4) is 0 Å². The van der Waals surface area contributed by atoms with Crippen molar-refractivity contribution in [2.75, 3.05) is 19.6 Å². The number of nitrogens with zero attached hydrogens (tertiary/aromatic N) is 1. The van der Waals surface area contributed by atoms with Crippen molar-refractivity contribution in [1.29, 1.82) is 0 Å². The number of thiophene rings is 1. The molecule has 1 unspecified atom stereocenters. The van der Waals surface area contributed by atoms with Crippen LogP contribution in [0.3, 0.4) is 0 Å². The zero-order chi connectivity index (χ0) is 17.7. The van der Waals surface area contributed by atoms with Gasteiger partial charge >= 0.3 is 0 Å². The van der Waals surface area contributed by atoms with Crippen LogP contribution in [0, 0.1) is 0 Å². The molecule has 2 aromatic rings. The molecule has 1 saturated heterocycles. The molecule has 1 aromatic carbocycles. The van der Waals surface area contributed by atoms with Crippen LogP contribution in [0.4, 0.5) is 0 Å². The van der Waals surface area contributed by atoms with Gasteiger partial charge in [0.15, 0.2) is 0 Å². The van der Waals surface area contributed by atoms with Gasteiger partial charge < -0.3 is 0 Å². The molecule has 1 N–H and O–H groups in total. The third-order valence-corrected chi connectivity index (χ3v) is 6.99. The highest BCUT2D eigenvalue weighted by Crippen LogP contribution is 2.26. The van der Waals surface area contributed by atoms with Crippen molar-refractivity contribution >= 4 is 33.0 Å². The number of benzene rings is 1. The van der Waals surface area contributed by atoms with Gasteiger partial charge in [0, 0.05) is 17.6 Å². The zero-order valence-electron chi connectivity index (χ0n) is 14.0. The molecule has 4 nitrogen and oxygen atoms in total. The van der Waals surface area contributed by atoms with Gasteiger partial charge in [-0.05, 0) is 72.6 Å². The second-order valence-electron chi connectivity index (χ2n) is 6.33. The molecule has 0 radical (unpaired) electrons. The molecule has 0 saturated carbocycles. The number of nitrogens with one attached hydrogen (secondary N) is 1. The Labute approximate surface area is 158 Å². The fourth-order valence-electron chi connectivity index (χ4n) is 3.21. The Balaban J connectivity index is 1.75. The highest BCUT2D eigenvalue weighted by atomic mass is 35.5. The summed E-state index contributed by atoms with van der Waals surface area (Å²) < 4.78 is 28.0. The largest absolute Gasteiger partial charge is 0.295 e. The first kappa shape index (κ1) is 18.9. The number of rotatable bonds is 6. The molecule has 0 aliphatic carbocycles. The Hall–Kier alpha value is -0.920. The predicted molar refractivity (Wildman–Crippen MR) is 104 cm³/mol. The third kappa shape index (κ3) is 5.05. The topological polar surface area (TPSA) is 49.4 Å². The number of hydrogen-bond acceptors (Lipinski definition) is 4. The normalized spacial score (nSPS) is 18.0. The molecule has 136 valence electrons. The Kier molecular flexibility index (Phi) is 6.52. The first-order chi connectivity index (χ1) is 12.1. The maximum Gasteiger partial charge on any atom is 0.240 e. The lowest BCUT2D eigenvalue weighted by Crippen LogP contribution is -2.38. The molecular weight excluding hydrogens is 376 g/mol. The first-order valence-electron chi connectivity index (χ1n) is 8.58. The Morgan fingerprint density at radius 2 is 1.76 bits per heavy atom. The van der Waals surface area contributed by atoms with Crippen molar-refractivity contribution in [3.05, 3.63) is 51.7 Å². The maximum atomic E-state index is 12.6. The van der Waals surface area contributed by atoms with Gasteiger partial charge in [-0.2, -0.15) is 11.3 Å². The van der Waals surface area contributed by atoms with E-state index in [1.54, 1.807) is 23.5 Å². The minimum absolute atomic E-state index is 0.0754. The molecule has 0 spiro atoms. The summed E-state index contributed by atoms with van der Waals surface area (Å²) in [5.41, 5.74) is 1.19. The van der Waals surface area contributed by atoms with Gasteiger partial charge in [0.05, 0.1) is 4.90 Å². The number of halogens is 1. The van der Waals surface area contributed by atoms with Crippen molar-refractivity contribution in [1.82, 2.24) is 9.62 Å². The standard InChI is InChI=1S/C18H23ClN2O2S2/c19-16-5-7-17(8-6-16)25(22,23)20-13-18(15-9-12-24-14-15)21-10-3-1-2-4-11-21/h5-9,12,14,18,20H,1-4,10-11,13H2. The minimum Gasteiger partial charge on any atom is -0.295 e. The van der Waals surface area contributed by atoms with Crippen LogP contribution in [0.1, 0.15) is 37.3 Å². The molecule has 3 rings (SSSR count). The molecule has 7 heteroatoms. The van der Waals surface area contributed by atoms with Crippen LogP contribution in [0.5, 0.6) is 0 Å². The number of likely N-dealkylation sites (tertiary alicyclic amines) is 1. The summed E-state index contributed by atoms with van der Waals surface area (Å²) in [5.74, 6) is 0. The van der Waals surface area contributed by atoms with E-state index >= 15 is 0 Å². The lowest BCUT2D eigenvalue weighted by Gasteiger charge is -2.30. The molecule has 1 atom stereocenters. The van der Waals surface area contributed by atoms with Gasteiger partial charge in [-0.15, -0.1) is 0 Å². The quantitative estimate of drug-likeness (QED) is 0.789. The fourth-order valence-corrected chi connectivity index (χ4v) is 5.09. The summed E-state index contributed by atoms with van der Waals surface area (Å²) in [6.07, 6.45) is 4.85. The zero-order valence-corrected chi connectivity index (χ0v) is 16.4. The lowest BCUT2D eigenvalue weighted by molar-refractivity contribution is 0.206. The monoisotopic (exact) mass is 398 g/mol. The lowest BCUT2D eigenvalue weighted by atomic mass is 10.1. The second-order valence-corrected chi connectivity index (χ2v) is 9.31. The summed E-state index contributed by atoms with van der Waals surface area (Å²) in [4.78, 5) is 2.66. The predicted octanol–water partition coefficient (Wildman–Crippen LogP) is 4.30. The summed E-state index contributed by atoms with van der Waals surface area (Å²) in [6, 6.07) is 8.44. The average Bonchev–Trinajstić information content (AvgIpc) is 2.98. The van der Waals surface area contributed by atoms with Crippen LogP contribution in [0.15, 0.2) is 46.0 Å². The first-order valence-corrected chi connectivity index (χ1v) is 11.4. The third-order valence-electron chi connectivity index (χ3n) is 4.60. The van der Waals surface area contributed by atoms with Crippen LogP contribution in [-0.4, -0.2) is 33.0 Å². The summed E-state index contributed by atoms with van der Waals surface area (Å²) >= 11 is 7.50. The van der Waals surface area contributed by atoms with Crippen LogP contribution in [0.25, 0.3) is 0 Å². The second kappa shape index (κ2) is 8.64. The molecule has 1 aromatic heterocycles. The van der Waals surface area contributed by atoms with Gasteiger partial charge in [0.2, 0.25) is 10.0 Å². The molecule has 0 amide bonds. The van der Waals surface area contributed by atoms with Crippen LogP contribution < -0.4 is 4.72 Å². The minimum atomic E-state index is -3.54. The highest BCUT2D eigenvalue weighted by molar-refractivity contribution is 7.89. The number of sulfonamides is 1. The molecule has 1 fully saturated rings. The smallest absolute Gasteiger partial charge is 0.240 e. The van der Waals surface area contributed by atoms with E-state index in [-0.39, 0.29) is 10.9 Å². The molecule has 2 heterocycles. The van der Waals surface area contributed by atoms with Crippen molar-refractivity contribution in [3.63, 3.8) is 0 Å². The van der Waals surface area contributed by atoms with E-state index in [4.69, 9.17) is 11.6 Å². The molecular formula is C18H23ClN2O2S2. The molecule has 0 bridgehead atoms. The maximum absolute atomic E-state index is 12.6. The van der Waals surface area contributed by atoms with E-state index in [1.165, 1.54) is 43.4 Å². The van der Waals surface area contributed by atoms with E-state index in [2.05, 4.69) is 21.1 Å². The van der Waals surface area contributed by atoms with Gasteiger partial charge in [-0.3, -0.25) is 4.90 Å². The van der Waals surface area contributed by atoms with Crippen LogP contribution in [0.2, 0.25) is 5.02 Å². The highest BCUT2D eigenvalue weighted by Gasteiger charge is 2.24. The Morgan fingerprint density at radius 1 is 1.08 bits per heavy atom. The van der Waals surface area contributed by atoms with Crippen molar-refractivity contribution in [2.45, 2.75) is 36.6 Å². The van der Waals surface area contributed by atoms with E-state index in [0.717, 1.165) is 13.1 Å². The molecule has 25 heavy (non-hydrogen) atoms. The average molecular weight is 399 g/mol. The van der Waals surface area contributed by atoms with Crippen molar-refractivity contribution < 1.29 is 8.42 Å². The van der Waals surface area contributed by atoms with Crippen molar-refractivity contribution in [2.24, 2.45) is 0 Å². The van der Waals surface area contributed by atoms with E-state index in [1.807, 2.05) is 5.38 Å². The van der Waals surface area contributed by atoms with E-state index in [9.17, 15) is 8.42 Å². The van der Waals surface area contributed by atoms with Gasteiger partial charge in [0.25, 0.3) is 0 Å². The van der Waals surface area contributed by atoms with E-state index < -0.39 is 10.0 Å². The van der Waals surface area contributed by atoms with E-state index in [0.29, 0.717) is 11.6 Å². The SMILES string of the molecule is O=S(=O)(NCC(c1ccsc1)N1CCCCCC1)c1ccc(Cl)cc1. The molecule has 1 aliphatic rings. The molecule has 1 aliphatic heterocycles. The van der Waals surface area contributed by atoms with Gasteiger partial charge in [-0.25, -0.2) is 13.1 Å². The number of hydrogen-bond donors (Lipinski definition) is 1. The summed E-state index contributed by atoms with van der Waals surface area (Å²) in [6.45, 7) is 2.41. The summed E-state index contributed by atoms with van der Waals surface area (Å²) in [7, 11) is -3.54. The Bertz CT molecular complexity index is 753. The Morgan fingerprint density at radius 3 is 2.36 bits per heavy atom. The van der Waals surface area contributed by atoms with Gasteiger partial charge in [0.1, 0.15) is 0 Å². The van der Waals surface area contributed by atoms with Crippen LogP contribution >= 0.6 is 22.9 Å². The summed E-state index contributed by atoms with van der Waals surface area (Å²) in [5, 5.41) is 4.69. The fraction of sp³-hybridized carbons (Fsp3) is 0.444. The van der Waals surface area contributed by atoms with Gasteiger partial charge in [-0.1, -0.05) is 24.4 Å². The van der Waals surface area contributed by atoms with Crippen LogP contribution in [-0.2, 0) is 10.0 Å².